The Morgan fingerprint density at radius 3 is 2.72 bits per heavy atom. The number of rotatable bonds is 3. The summed E-state index contributed by atoms with van der Waals surface area (Å²) >= 11 is 10.3. The summed E-state index contributed by atoms with van der Waals surface area (Å²) in [5, 5.41) is 9.97. The van der Waals surface area contributed by atoms with Crippen LogP contribution in [0.5, 0.6) is 0 Å². The molecule has 1 unspecified atom stereocenters. The van der Waals surface area contributed by atoms with Crippen LogP contribution in [0.1, 0.15) is 16.5 Å². The molecular formula is C12H8BrClF2OS. The zero-order valence-corrected chi connectivity index (χ0v) is 12.1. The van der Waals surface area contributed by atoms with Gasteiger partial charge in [-0.3, -0.25) is 0 Å². The third-order valence-electron chi connectivity index (χ3n) is 2.44. The Kier molecular flexibility index (Phi) is 4.37. The minimum Gasteiger partial charge on any atom is -0.387 e. The van der Waals surface area contributed by atoms with E-state index in [9.17, 15) is 13.9 Å². The van der Waals surface area contributed by atoms with Gasteiger partial charge in [-0.2, -0.15) is 0 Å². The second-order valence-corrected chi connectivity index (χ2v) is 6.24. The maximum Gasteiger partial charge on any atom is 0.162 e. The molecule has 0 spiro atoms. The van der Waals surface area contributed by atoms with Crippen molar-refractivity contribution in [3.63, 3.8) is 0 Å². The van der Waals surface area contributed by atoms with Crippen LogP contribution in [0.3, 0.4) is 0 Å². The highest BCUT2D eigenvalue weighted by Gasteiger charge is 2.17. The first-order chi connectivity index (χ1) is 8.49. The Morgan fingerprint density at radius 2 is 2.11 bits per heavy atom. The summed E-state index contributed by atoms with van der Waals surface area (Å²) in [4.78, 5) is 0.607. The molecule has 0 bridgehead atoms. The van der Waals surface area contributed by atoms with Crippen LogP contribution >= 0.6 is 38.9 Å². The lowest BCUT2D eigenvalue weighted by Gasteiger charge is -2.09. The van der Waals surface area contributed by atoms with E-state index in [1.165, 1.54) is 23.5 Å². The van der Waals surface area contributed by atoms with Gasteiger partial charge >= 0.3 is 0 Å². The Morgan fingerprint density at radius 1 is 1.39 bits per heavy atom. The van der Waals surface area contributed by atoms with Crippen LogP contribution in [0.15, 0.2) is 28.7 Å². The van der Waals surface area contributed by atoms with Crippen LogP contribution in [0.25, 0.3) is 0 Å². The normalized spacial score (nSPS) is 12.7. The molecule has 1 aromatic heterocycles. The van der Waals surface area contributed by atoms with Gasteiger partial charge in [-0.05, 0) is 33.6 Å². The van der Waals surface area contributed by atoms with Gasteiger partial charge in [-0.15, -0.1) is 11.3 Å². The zero-order valence-electron chi connectivity index (χ0n) is 8.96. The molecule has 1 aromatic carbocycles. The molecule has 1 heterocycles. The van der Waals surface area contributed by atoms with Crippen LogP contribution in [-0.2, 0) is 6.42 Å². The van der Waals surface area contributed by atoms with Crippen molar-refractivity contribution >= 4 is 38.9 Å². The summed E-state index contributed by atoms with van der Waals surface area (Å²) in [6.07, 6.45) is -0.900. The van der Waals surface area contributed by atoms with Crippen molar-refractivity contribution in [1.29, 1.82) is 0 Å². The lowest BCUT2D eigenvalue weighted by molar-refractivity contribution is 0.180. The van der Waals surface area contributed by atoms with Crippen LogP contribution in [0, 0.1) is 11.6 Å². The highest BCUT2D eigenvalue weighted by molar-refractivity contribution is 9.10. The molecule has 18 heavy (non-hydrogen) atoms. The fourth-order valence-corrected chi connectivity index (χ4v) is 3.26. The SMILES string of the molecule is OC(Cc1cccc(F)c1F)c1cc(Br)c(Cl)s1. The van der Waals surface area contributed by atoms with E-state index in [-0.39, 0.29) is 12.0 Å². The maximum atomic E-state index is 13.4. The predicted molar refractivity (Wildman–Crippen MR) is 72.1 cm³/mol. The van der Waals surface area contributed by atoms with Crippen LogP contribution < -0.4 is 0 Å². The molecule has 2 rings (SSSR count). The summed E-state index contributed by atoms with van der Waals surface area (Å²) in [7, 11) is 0. The smallest absolute Gasteiger partial charge is 0.162 e. The summed E-state index contributed by atoms with van der Waals surface area (Å²) < 4.78 is 27.7. The molecular weight excluding hydrogens is 346 g/mol. The number of hydrogen-bond donors (Lipinski definition) is 1. The average molecular weight is 354 g/mol. The fraction of sp³-hybridized carbons (Fsp3) is 0.167. The summed E-state index contributed by atoms with van der Waals surface area (Å²) in [6.45, 7) is 0. The molecule has 96 valence electrons. The minimum atomic E-state index is -0.918. The van der Waals surface area contributed by atoms with Crippen molar-refractivity contribution in [2.75, 3.05) is 0 Å². The molecule has 1 nitrogen and oxygen atoms in total. The molecule has 0 radical (unpaired) electrons. The van der Waals surface area contributed by atoms with Crippen molar-refractivity contribution in [2.45, 2.75) is 12.5 Å². The minimum absolute atomic E-state index is 0.00682. The van der Waals surface area contributed by atoms with Gasteiger partial charge in [-0.1, -0.05) is 23.7 Å². The standard InChI is InChI=1S/C12H8BrClF2OS/c13-7-5-10(18-12(7)14)9(17)4-6-2-1-3-8(15)11(6)16/h1-3,5,9,17H,4H2. The third kappa shape index (κ3) is 2.91. The molecule has 1 atom stereocenters. The van der Waals surface area contributed by atoms with E-state index in [0.29, 0.717) is 13.7 Å². The van der Waals surface area contributed by atoms with Crippen molar-refractivity contribution in [2.24, 2.45) is 0 Å². The molecule has 0 aliphatic rings. The second kappa shape index (κ2) is 5.65. The average Bonchev–Trinajstić information content (AvgIpc) is 2.66. The number of aliphatic hydroxyl groups is 1. The van der Waals surface area contributed by atoms with Crippen molar-refractivity contribution < 1.29 is 13.9 Å². The number of halogens is 4. The Balaban J connectivity index is 2.21. The molecule has 0 fully saturated rings. The van der Waals surface area contributed by atoms with E-state index < -0.39 is 17.7 Å². The first kappa shape index (κ1) is 13.9. The number of benzene rings is 1. The van der Waals surface area contributed by atoms with Crippen molar-refractivity contribution in [3.05, 3.63) is 55.1 Å². The highest BCUT2D eigenvalue weighted by atomic mass is 79.9. The van der Waals surface area contributed by atoms with Gasteiger partial charge in [0.1, 0.15) is 4.34 Å². The summed E-state index contributed by atoms with van der Waals surface area (Å²) in [5.41, 5.74) is 0.142. The highest BCUT2D eigenvalue weighted by Crippen LogP contribution is 2.36. The van der Waals surface area contributed by atoms with Crippen LogP contribution in [-0.4, -0.2) is 5.11 Å². The molecule has 1 N–H and O–H groups in total. The van der Waals surface area contributed by atoms with E-state index >= 15 is 0 Å². The quantitative estimate of drug-likeness (QED) is 0.846. The Hall–Kier alpha value is -0.490. The fourth-order valence-electron chi connectivity index (χ4n) is 1.54. The monoisotopic (exact) mass is 352 g/mol. The Labute approximate surface area is 120 Å². The molecule has 0 saturated carbocycles. The summed E-state index contributed by atoms with van der Waals surface area (Å²) in [6, 6.07) is 5.59. The lowest BCUT2D eigenvalue weighted by Crippen LogP contribution is -2.03. The lowest BCUT2D eigenvalue weighted by atomic mass is 10.1. The predicted octanol–water partition coefficient (Wildman–Crippen LogP) is 4.72. The Bertz CT molecular complexity index is 554. The van der Waals surface area contributed by atoms with Crippen molar-refractivity contribution in [3.8, 4) is 0 Å². The molecule has 0 saturated heterocycles. The molecule has 0 amide bonds. The van der Waals surface area contributed by atoms with E-state index in [1.54, 1.807) is 6.07 Å². The second-order valence-electron chi connectivity index (χ2n) is 3.70. The van der Waals surface area contributed by atoms with Gasteiger partial charge in [0.25, 0.3) is 0 Å². The topological polar surface area (TPSA) is 20.2 Å². The van der Waals surface area contributed by atoms with Gasteiger partial charge < -0.3 is 5.11 Å². The first-order valence-corrected chi connectivity index (χ1v) is 7.03. The maximum absolute atomic E-state index is 13.4. The van der Waals surface area contributed by atoms with Crippen molar-refractivity contribution in [1.82, 2.24) is 0 Å². The molecule has 6 heteroatoms. The van der Waals surface area contributed by atoms with Gasteiger partial charge in [0.2, 0.25) is 0 Å². The van der Waals surface area contributed by atoms with E-state index in [4.69, 9.17) is 11.6 Å². The van der Waals surface area contributed by atoms with Gasteiger partial charge in [0, 0.05) is 15.8 Å². The molecule has 0 aliphatic heterocycles. The number of aliphatic hydroxyl groups excluding tert-OH is 1. The third-order valence-corrected chi connectivity index (χ3v) is 5.01. The first-order valence-electron chi connectivity index (χ1n) is 5.04. The van der Waals surface area contributed by atoms with E-state index in [1.807, 2.05) is 0 Å². The summed E-state index contributed by atoms with van der Waals surface area (Å²) in [5.74, 6) is -1.83. The zero-order chi connectivity index (χ0) is 13.3. The van der Waals surface area contributed by atoms with Crippen LogP contribution in [0.4, 0.5) is 8.78 Å². The molecule has 2 aromatic rings. The van der Waals surface area contributed by atoms with E-state index in [0.717, 1.165) is 6.07 Å². The van der Waals surface area contributed by atoms with Gasteiger partial charge in [0.15, 0.2) is 11.6 Å². The molecule has 0 aliphatic carbocycles. The van der Waals surface area contributed by atoms with Crippen LogP contribution in [0.2, 0.25) is 4.34 Å². The van der Waals surface area contributed by atoms with Gasteiger partial charge in [-0.25, -0.2) is 8.78 Å². The number of hydrogen-bond acceptors (Lipinski definition) is 2. The largest absolute Gasteiger partial charge is 0.387 e. The van der Waals surface area contributed by atoms with E-state index in [2.05, 4.69) is 15.9 Å². The number of thiophene rings is 1. The van der Waals surface area contributed by atoms with Gasteiger partial charge in [0.05, 0.1) is 6.10 Å².